The minimum Gasteiger partial charge on any atom is -0.373 e. The first-order valence-electron chi connectivity index (χ1n) is 8.12. The lowest BCUT2D eigenvalue weighted by Crippen LogP contribution is -2.01. The molecule has 1 N–H and O–H groups in total. The highest BCUT2D eigenvalue weighted by atomic mass is 19.2. The zero-order valence-corrected chi connectivity index (χ0v) is 14.2. The van der Waals surface area contributed by atoms with Gasteiger partial charge in [-0.15, -0.1) is 0 Å². The average Bonchev–Trinajstić information content (AvgIpc) is 2.69. The summed E-state index contributed by atoms with van der Waals surface area (Å²) < 4.78 is 42.4. The maximum absolute atomic E-state index is 14.7. The van der Waals surface area contributed by atoms with E-state index in [-0.39, 0.29) is 11.1 Å². The SMILES string of the molecule is CNc1nc(-c2cccnc2)nc2cc(F)c(-c3cccc(F)c3F)cc12. The second kappa shape index (κ2) is 6.68. The summed E-state index contributed by atoms with van der Waals surface area (Å²) in [5, 5.41) is 3.43. The number of hydrogen-bond acceptors (Lipinski definition) is 4. The van der Waals surface area contributed by atoms with Crippen molar-refractivity contribution in [2.45, 2.75) is 0 Å². The number of nitrogens with one attached hydrogen (secondary N) is 1. The van der Waals surface area contributed by atoms with Crippen LogP contribution >= 0.6 is 0 Å². The largest absolute Gasteiger partial charge is 0.373 e. The summed E-state index contributed by atoms with van der Waals surface area (Å²) >= 11 is 0. The molecule has 27 heavy (non-hydrogen) atoms. The molecule has 4 nitrogen and oxygen atoms in total. The fourth-order valence-corrected chi connectivity index (χ4v) is 2.88. The van der Waals surface area contributed by atoms with Crippen molar-refractivity contribution < 1.29 is 13.2 Å². The van der Waals surface area contributed by atoms with Crippen molar-refractivity contribution in [3.05, 3.63) is 72.3 Å². The van der Waals surface area contributed by atoms with Gasteiger partial charge in [0.2, 0.25) is 0 Å². The monoisotopic (exact) mass is 366 g/mol. The number of aromatic nitrogens is 3. The molecule has 2 heterocycles. The molecule has 0 aliphatic carbocycles. The van der Waals surface area contributed by atoms with Crippen LogP contribution in [0.15, 0.2) is 54.9 Å². The van der Waals surface area contributed by atoms with Crippen LogP contribution in [0.25, 0.3) is 33.4 Å². The molecule has 0 aliphatic heterocycles. The van der Waals surface area contributed by atoms with E-state index in [2.05, 4.69) is 20.3 Å². The van der Waals surface area contributed by atoms with Crippen molar-refractivity contribution in [2.24, 2.45) is 0 Å². The number of hydrogen-bond donors (Lipinski definition) is 1. The molecule has 0 aliphatic rings. The molecule has 0 radical (unpaired) electrons. The highest BCUT2D eigenvalue weighted by Crippen LogP contribution is 2.33. The Bertz CT molecular complexity index is 1150. The molecule has 0 bridgehead atoms. The molecular formula is C20H13F3N4. The molecule has 7 heteroatoms. The van der Waals surface area contributed by atoms with Gasteiger partial charge in [0, 0.05) is 47.6 Å². The first-order chi connectivity index (χ1) is 13.1. The summed E-state index contributed by atoms with van der Waals surface area (Å²) in [6.07, 6.45) is 3.23. The number of nitrogens with zero attached hydrogens (tertiary/aromatic N) is 3. The fourth-order valence-electron chi connectivity index (χ4n) is 2.88. The number of pyridine rings is 1. The van der Waals surface area contributed by atoms with Gasteiger partial charge in [-0.1, -0.05) is 12.1 Å². The number of rotatable bonds is 3. The lowest BCUT2D eigenvalue weighted by Gasteiger charge is -2.11. The van der Waals surface area contributed by atoms with Crippen LogP contribution in [0.2, 0.25) is 0 Å². The zero-order valence-electron chi connectivity index (χ0n) is 14.2. The Balaban J connectivity index is 1.96. The van der Waals surface area contributed by atoms with Gasteiger partial charge in [0.15, 0.2) is 17.5 Å². The highest BCUT2D eigenvalue weighted by molar-refractivity contribution is 5.94. The normalized spacial score (nSPS) is 11.0. The Morgan fingerprint density at radius 2 is 1.74 bits per heavy atom. The van der Waals surface area contributed by atoms with Crippen LogP contribution in [0.3, 0.4) is 0 Å². The maximum Gasteiger partial charge on any atom is 0.166 e. The molecule has 2 aromatic carbocycles. The summed E-state index contributed by atoms with van der Waals surface area (Å²) in [7, 11) is 1.67. The molecule has 0 amide bonds. The van der Waals surface area contributed by atoms with Gasteiger partial charge >= 0.3 is 0 Å². The predicted molar refractivity (Wildman–Crippen MR) is 97.6 cm³/mol. The van der Waals surface area contributed by atoms with Crippen LogP contribution in [-0.2, 0) is 0 Å². The number of benzene rings is 2. The van der Waals surface area contributed by atoms with E-state index in [1.165, 1.54) is 24.3 Å². The molecule has 0 fully saturated rings. The van der Waals surface area contributed by atoms with Crippen LogP contribution in [-0.4, -0.2) is 22.0 Å². The summed E-state index contributed by atoms with van der Waals surface area (Å²) in [6.45, 7) is 0. The minimum atomic E-state index is -1.10. The van der Waals surface area contributed by atoms with Crippen molar-refractivity contribution >= 4 is 16.7 Å². The van der Waals surface area contributed by atoms with Gasteiger partial charge in [0.1, 0.15) is 11.6 Å². The topological polar surface area (TPSA) is 50.7 Å². The molecule has 2 aromatic heterocycles. The Hall–Kier alpha value is -3.48. The van der Waals surface area contributed by atoms with Gasteiger partial charge in [-0.05, 0) is 24.3 Å². The molecule has 134 valence electrons. The first kappa shape index (κ1) is 17.0. The van der Waals surface area contributed by atoms with Crippen molar-refractivity contribution in [2.75, 3.05) is 12.4 Å². The van der Waals surface area contributed by atoms with Crippen LogP contribution in [0, 0.1) is 17.5 Å². The van der Waals surface area contributed by atoms with Gasteiger partial charge in [-0.2, -0.15) is 0 Å². The van der Waals surface area contributed by atoms with E-state index >= 15 is 0 Å². The van der Waals surface area contributed by atoms with Crippen LogP contribution < -0.4 is 5.32 Å². The van der Waals surface area contributed by atoms with Crippen molar-refractivity contribution in [1.82, 2.24) is 15.0 Å². The van der Waals surface area contributed by atoms with Gasteiger partial charge < -0.3 is 5.32 Å². The Morgan fingerprint density at radius 1 is 0.889 bits per heavy atom. The quantitative estimate of drug-likeness (QED) is 0.565. The van der Waals surface area contributed by atoms with E-state index in [4.69, 9.17) is 0 Å². The van der Waals surface area contributed by atoms with Crippen molar-refractivity contribution in [3.63, 3.8) is 0 Å². The Labute approximate surface area is 152 Å². The molecule has 0 saturated heterocycles. The van der Waals surface area contributed by atoms with Crippen LogP contribution in [0.5, 0.6) is 0 Å². The smallest absolute Gasteiger partial charge is 0.166 e. The van der Waals surface area contributed by atoms with Gasteiger partial charge in [-0.3, -0.25) is 4.98 Å². The second-order valence-electron chi connectivity index (χ2n) is 5.84. The molecular weight excluding hydrogens is 353 g/mol. The molecule has 4 rings (SSSR count). The van der Waals surface area contributed by atoms with Crippen molar-refractivity contribution in [1.29, 1.82) is 0 Å². The lowest BCUT2D eigenvalue weighted by atomic mass is 10.0. The number of halogens is 3. The molecule has 0 spiro atoms. The van der Waals surface area contributed by atoms with Gasteiger partial charge in [-0.25, -0.2) is 23.1 Å². The summed E-state index contributed by atoms with van der Waals surface area (Å²) in [6, 6.07) is 9.79. The molecule has 4 aromatic rings. The first-order valence-corrected chi connectivity index (χ1v) is 8.12. The van der Waals surface area contributed by atoms with Gasteiger partial charge in [0.05, 0.1) is 5.52 Å². The second-order valence-corrected chi connectivity index (χ2v) is 5.84. The van der Waals surface area contributed by atoms with Crippen LogP contribution in [0.4, 0.5) is 19.0 Å². The third kappa shape index (κ3) is 2.97. The average molecular weight is 366 g/mol. The van der Waals surface area contributed by atoms with E-state index in [0.717, 1.165) is 6.07 Å². The third-order valence-corrected chi connectivity index (χ3v) is 4.18. The van der Waals surface area contributed by atoms with E-state index in [1.54, 1.807) is 31.6 Å². The van der Waals surface area contributed by atoms with Crippen LogP contribution in [0.1, 0.15) is 0 Å². The Kier molecular flexibility index (Phi) is 4.19. The van der Waals surface area contributed by atoms with E-state index in [1.807, 2.05) is 0 Å². The standard InChI is InChI=1S/C20H13F3N4/c1-24-20-14-8-13(12-5-2-6-15(21)18(12)23)16(22)9-17(14)26-19(27-20)11-4-3-7-25-10-11/h2-10H,1H3,(H,24,26,27). The summed E-state index contributed by atoms with van der Waals surface area (Å²) in [4.78, 5) is 12.9. The van der Waals surface area contributed by atoms with Crippen molar-refractivity contribution in [3.8, 4) is 22.5 Å². The van der Waals surface area contributed by atoms with E-state index < -0.39 is 17.5 Å². The number of anilines is 1. The summed E-state index contributed by atoms with van der Waals surface area (Å²) in [5.74, 6) is -2.02. The highest BCUT2D eigenvalue weighted by Gasteiger charge is 2.17. The third-order valence-electron chi connectivity index (χ3n) is 4.18. The zero-order chi connectivity index (χ0) is 19.0. The van der Waals surface area contributed by atoms with E-state index in [9.17, 15) is 13.2 Å². The maximum atomic E-state index is 14.7. The Morgan fingerprint density at radius 3 is 2.48 bits per heavy atom. The van der Waals surface area contributed by atoms with E-state index in [0.29, 0.717) is 28.1 Å². The molecule has 0 unspecified atom stereocenters. The molecule has 0 atom stereocenters. The van der Waals surface area contributed by atoms with Gasteiger partial charge in [0.25, 0.3) is 0 Å². The fraction of sp³-hybridized carbons (Fsp3) is 0.0500. The lowest BCUT2D eigenvalue weighted by molar-refractivity contribution is 0.510. The predicted octanol–water partition coefficient (Wildman–Crippen LogP) is 4.82. The minimum absolute atomic E-state index is 0.0614. The molecule has 0 saturated carbocycles. The number of fused-ring (bicyclic) bond motifs is 1. The summed E-state index contributed by atoms with van der Waals surface area (Å²) in [5.41, 5.74) is 0.796.